The van der Waals surface area contributed by atoms with Gasteiger partial charge in [0, 0.05) is 12.7 Å². The number of nitrogens with one attached hydrogen (secondary N) is 1. The summed E-state index contributed by atoms with van der Waals surface area (Å²) in [5.74, 6) is 2.79. The number of hydrogen-bond donors (Lipinski definition) is 2. The fourth-order valence-electron chi connectivity index (χ4n) is 3.44. The van der Waals surface area contributed by atoms with Crippen molar-refractivity contribution in [2.24, 2.45) is 5.92 Å². The van der Waals surface area contributed by atoms with Crippen molar-refractivity contribution in [3.63, 3.8) is 0 Å². The molecule has 0 bridgehead atoms. The second-order valence-corrected chi connectivity index (χ2v) is 6.46. The highest BCUT2D eigenvalue weighted by Crippen LogP contribution is 2.27. The van der Waals surface area contributed by atoms with E-state index in [1.807, 2.05) is 36.4 Å². The van der Waals surface area contributed by atoms with Crippen LogP contribution in [0.2, 0.25) is 0 Å². The quantitative estimate of drug-likeness (QED) is 0.755. The molecular formula is C19H21N3O2. The first-order valence-corrected chi connectivity index (χ1v) is 8.35. The van der Waals surface area contributed by atoms with E-state index in [2.05, 4.69) is 15.1 Å². The van der Waals surface area contributed by atoms with E-state index in [1.54, 1.807) is 12.3 Å². The van der Waals surface area contributed by atoms with Crippen molar-refractivity contribution < 1.29 is 9.52 Å². The third kappa shape index (κ3) is 3.21. The van der Waals surface area contributed by atoms with Crippen LogP contribution in [0.5, 0.6) is 5.75 Å². The molecule has 2 N–H and O–H groups in total. The van der Waals surface area contributed by atoms with Gasteiger partial charge in [0.05, 0.1) is 6.54 Å². The van der Waals surface area contributed by atoms with Gasteiger partial charge in [0.2, 0.25) is 0 Å². The highest BCUT2D eigenvalue weighted by atomic mass is 16.3. The first-order valence-electron chi connectivity index (χ1n) is 8.35. The number of aromatic nitrogens is 2. The first-order chi connectivity index (χ1) is 11.8. The molecule has 0 radical (unpaired) electrons. The molecule has 1 fully saturated rings. The van der Waals surface area contributed by atoms with Gasteiger partial charge in [0.1, 0.15) is 17.2 Å². The number of aromatic hydroxyl groups is 1. The molecule has 5 heteroatoms. The third-order valence-electron chi connectivity index (χ3n) is 4.68. The van der Waals surface area contributed by atoms with E-state index in [1.165, 1.54) is 0 Å². The zero-order chi connectivity index (χ0) is 16.4. The number of likely N-dealkylation sites (tertiary alicyclic amines) is 1. The van der Waals surface area contributed by atoms with Crippen LogP contribution in [-0.4, -0.2) is 33.3 Å². The largest absolute Gasteiger partial charge is 0.508 e. The summed E-state index contributed by atoms with van der Waals surface area (Å²) in [6.45, 7) is 2.93. The van der Waals surface area contributed by atoms with Crippen molar-refractivity contribution in [3.05, 3.63) is 60.0 Å². The van der Waals surface area contributed by atoms with Crippen LogP contribution in [0, 0.1) is 5.92 Å². The van der Waals surface area contributed by atoms with Gasteiger partial charge >= 0.3 is 0 Å². The van der Waals surface area contributed by atoms with Crippen LogP contribution in [0.25, 0.3) is 11.5 Å². The summed E-state index contributed by atoms with van der Waals surface area (Å²) in [5.41, 5.74) is 1.95. The van der Waals surface area contributed by atoms with E-state index in [-0.39, 0.29) is 0 Å². The molecule has 1 atom stereocenters. The number of para-hydroxylation sites is 1. The molecule has 1 aliphatic rings. The predicted molar refractivity (Wildman–Crippen MR) is 91.5 cm³/mol. The Labute approximate surface area is 140 Å². The number of phenols is 1. The number of furan rings is 1. The van der Waals surface area contributed by atoms with E-state index >= 15 is 0 Å². The topological polar surface area (TPSA) is 65.3 Å². The van der Waals surface area contributed by atoms with E-state index in [9.17, 15) is 5.11 Å². The molecule has 1 saturated heterocycles. The Morgan fingerprint density at radius 3 is 2.96 bits per heavy atom. The fourth-order valence-corrected chi connectivity index (χ4v) is 3.44. The molecule has 1 aliphatic heterocycles. The lowest BCUT2D eigenvalue weighted by atomic mass is 9.98. The second kappa shape index (κ2) is 6.53. The molecule has 124 valence electrons. The van der Waals surface area contributed by atoms with Crippen molar-refractivity contribution in [2.75, 3.05) is 13.1 Å². The molecular weight excluding hydrogens is 302 g/mol. The van der Waals surface area contributed by atoms with Gasteiger partial charge in [-0.15, -0.1) is 0 Å². The number of hydrogen-bond acceptors (Lipinski definition) is 4. The Kier molecular flexibility index (Phi) is 4.09. The molecule has 4 rings (SSSR count). The van der Waals surface area contributed by atoms with E-state index in [0.29, 0.717) is 11.7 Å². The summed E-state index contributed by atoms with van der Waals surface area (Å²) in [5, 5.41) is 16.8. The minimum absolute atomic E-state index is 0.409. The van der Waals surface area contributed by atoms with E-state index in [4.69, 9.17) is 4.42 Å². The standard InChI is InChI=1S/C19H21N3O2/c23-18-4-2-1-3-15(18)11-14-8-10-22(12-14)13-16-5-6-19(24-16)17-7-9-20-21-17/h1-7,9,14,23H,8,10-13H2,(H,20,21). The van der Waals surface area contributed by atoms with Crippen LogP contribution in [0.1, 0.15) is 17.7 Å². The van der Waals surface area contributed by atoms with Crippen molar-refractivity contribution >= 4 is 0 Å². The molecule has 0 amide bonds. The Bertz CT molecular complexity index is 795. The molecule has 0 saturated carbocycles. The lowest BCUT2D eigenvalue weighted by Crippen LogP contribution is -2.20. The molecule has 3 aromatic rings. The maximum Gasteiger partial charge on any atom is 0.152 e. The van der Waals surface area contributed by atoms with Crippen LogP contribution in [-0.2, 0) is 13.0 Å². The van der Waals surface area contributed by atoms with Gasteiger partial charge in [-0.05, 0) is 55.1 Å². The maximum atomic E-state index is 9.93. The van der Waals surface area contributed by atoms with Gasteiger partial charge in [0.25, 0.3) is 0 Å². The summed E-state index contributed by atoms with van der Waals surface area (Å²) >= 11 is 0. The van der Waals surface area contributed by atoms with Crippen molar-refractivity contribution in [3.8, 4) is 17.2 Å². The number of nitrogens with zero attached hydrogens (tertiary/aromatic N) is 2. The highest BCUT2D eigenvalue weighted by molar-refractivity contribution is 5.51. The average Bonchev–Trinajstić information content (AvgIpc) is 3.32. The Morgan fingerprint density at radius 1 is 1.21 bits per heavy atom. The molecule has 1 unspecified atom stereocenters. The Balaban J connectivity index is 1.35. The van der Waals surface area contributed by atoms with Crippen LogP contribution >= 0.6 is 0 Å². The molecule has 24 heavy (non-hydrogen) atoms. The Hall–Kier alpha value is -2.53. The summed E-state index contributed by atoms with van der Waals surface area (Å²) < 4.78 is 5.91. The van der Waals surface area contributed by atoms with Gasteiger partial charge < -0.3 is 9.52 Å². The van der Waals surface area contributed by atoms with Gasteiger partial charge in [-0.2, -0.15) is 5.10 Å². The summed E-state index contributed by atoms with van der Waals surface area (Å²) in [4.78, 5) is 2.42. The molecule has 0 spiro atoms. The van der Waals surface area contributed by atoms with Crippen LogP contribution in [0.15, 0.2) is 53.1 Å². The number of phenolic OH excluding ortho intramolecular Hbond substituents is 1. The van der Waals surface area contributed by atoms with E-state index in [0.717, 1.165) is 55.3 Å². The monoisotopic (exact) mass is 323 g/mol. The maximum absolute atomic E-state index is 9.93. The van der Waals surface area contributed by atoms with Crippen molar-refractivity contribution in [1.29, 1.82) is 0 Å². The number of H-pyrrole nitrogens is 1. The van der Waals surface area contributed by atoms with Gasteiger partial charge in [-0.1, -0.05) is 18.2 Å². The van der Waals surface area contributed by atoms with E-state index < -0.39 is 0 Å². The van der Waals surface area contributed by atoms with Gasteiger partial charge in [-0.3, -0.25) is 10.00 Å². The number of rotatable bonds is 5. The summed E-state index contributed by atoms with van der Waals surface area (Å²) in [6.07, 6.45) is 3.81. The molecule has 0 aliphatic carbocycles. The van der Waals surface area contributed by atoms with Crippen molar-refractivity contribution in [1.82, 2.24) is 15.1 Å². The Morgan fingerprint density at radius 2 is 2.12 bits per heavy atom. The lowest BCUT2D eigenvalue weighted by Gasteiger charge is -2.15. The minimum Gasteiger partial charge on any atom is -0.508 e. The van der Waals surface area contributed by atoms with Crippen molar-refractivity contribution in [2.45, 2.75) is 19.4 Å². The predicted octanol–water partition coefficient (Wildman–Crippen LogP) is 3.44. The summed E-state index contributed by atoms with van der Waals surface area (Å²) in [7, 11) is 0. The molecule has 2 aromatic heterocycles. The zero-order valence-electron chi connectivity index (χ0n) is 13.5. The lowest BCUT2D eigenvalue weighted by molar-refractivity contribution is 0.287. The smallest absolute Gasteiger partial charge is 0.152 e. The first kappa shape index (κ1) is 15.0. The highest BCUT2D eigenvalue weighted by Gasteiger charge is 2.24. The average molecular weight is 323 g/mol. The van der Waals surface area contributed by atoms with Gasteiger partial charge in [0.15, 0.2) is 5.76 Å². The molecule has 1 aromatic carbocycles. The number of benzene rings is 1. The zero-order valence-corrected chi connectivity index (χ0v) is 13.5. The molecule has 5 nitrogen and oxygen atoms in total. The fraction of sp³-hybridized carbons (Fsp3) is 0.316. The molecule has 3 heterocycles. The van der Waals surface area contributed by atoms with Gasteiger partial charge in [-0.25, -0.2) is 0 Å². The van der Waals surface area contributed by atoms with Crippen LogP contribution in [0.4, 0.5) is 0 Å². The number of aromatic amines is 1. The normalized spacial score (nSPS) is 18.2. The summed E-state index contributed by atoms with van der Waals surface area (Å²) in [6, 6.07) is 13.6. The second-order valence-electron chi connectivity index (χ2n) is 6.46. The third-order valence-corrected chi connectivity index (χ3v) is 4.68. The minimum atomic E-state index is 0.409. The van der Waals surface area contributed by atoms with Crippen LogP contribution in [0.3, 0.4) is 0 Å². The SMILES string of the molecule is Oc1ccccc1CC1CCN(Cc2ccc(-c3ccn[nH]3)o2)C1. The van der Waals surface area contributed by atoms with Crippen LogP contribution < -0.4 is 0 Å².